The van der Waals surface area contributed by atoms with Crippen LogP contribution in [0.3, 0.4) is 0 Å². The first-order chi connectivity index (χ1) is 10.2. The van der Waals surface area contributed by atoms with Gasteiger partial charge >= 0.3 is 5.97 Å². The number of hydrogen-bond acceptors (Lipinski definition) is 5. The van der Waals surface area contributed by atoms with Crippen molar-refractivity contribution in [2.45, 2.75) is 56.8 Å². The van der Waals surface area contributed by atoms with Gasteiger partial charge in [-0.3, -0.25) is 14.4 Å². The number of aromatic nitrogens is 2. The van der Waals surface area contributed by atoms with Crippen molar-refractivity contribution in [3.8, 4) is 0 Å². The Balaban J connectivity index is 1.66. The van der Waals surface area contributed by atoms with Gasteiger partial charge in [0.15, 0.2) is 0 Å². The second-order valence-corrected chi connectivity index (χ2v) is 6.08. The molecule has 2 fully saturated rings. The van der Waals surface area contributed by atoms with Gasteiger partial charge in [-0.25, -0.2) is 0 Å². The van der Waals surface area contributed by atoms with Gasteiger partial charge in [0.25, 0.3) is 0 Å². The maximum atomic E-state index is 11.8. The van der Waals surface area contributed by atoms with Crippen LogP contribution in [-0.2, 0) is 16.1 Å². The van der Waals surface area contributed by atoms with Gasteiger partial charge in [-0.1, -0.05) is 12.8 Å². The van der Waals surface area contributed by atoms with E-state index in [1.807, 2.05) is 17.2 Å². The largest absolute Gasteiger partial charge is 0.468 e. The fourth-order valence-electron chi connectivity index (χ4n) is 3.48. The average molecular weight is 293 g/mol. The minimum Gasteiger partial charge on any atom is -0.468 e. The molecule has 3 rings (SSSR count). The SMILES string of the molecule is COC(=O)C1CC(O)CN1Cc1ccn(C2CCCC2)n1. The van der Waals surface area contributed by atoms with Crippen molar-refractivity contribution < 1.29 is 14.6 Å². The molecule has 1 aromatic rings. The summed E-state index contributed by atoms with van der Waals surface area (Å²) in [5, 5.41) is 14.4. The fraction of sp³-hybridized carbons (Fsp3) is 0.733. The van der Waals surface area contributed by atoms with Crippen LogP contribution in [0.5, 0.6) is 0 Å². The van der Waals surface area contributed by atoms with Gasteiger partial charge in [-0.05, 0) is 18.9 Å². The van der Waals surface area contributed by atoms with Gasteiger partial charge in [-0.2, -0.15) is 5.10 Å². The minimum atomic E-state index is -0.467. The molecule has 1 saturated heterocycles. The molecule has 0 spiro atoms. The summed E-state index contributed by atoms with van der Waals surface area (Å²) in [5.41, 5.74) is 0.949. The van der Waals surface area contributed by atoms with Crippen LogP contribution in [-0.4, -0.2) is 51.6 Å². The summed E-state index contributed by atoms with van der Waals surface area (Å²) in [6.07, 6.45) is 6.97. The lowest BCUT2D eigenvalue weighted by atomic mass is 10.2. The van der Waals surface area contributed by atoms with E-state index >= 15 is 0 Å². The molecule has 1 aromatic heterocycles. The molecule has 0 bridgehead atoms. The first-order valence-electron chi connectivity index (χ1n) is 7.71. The summed E-state index contributed by atoms with van der Waals surface area (Å²) >= 11 is 0. The predicted molar refractivity (Wildman–Crippen MR) is 76.6 cm³/mol. The summed E-state index contributed by atoms with van der Waals surface area (Å²) in [6, 6.07) is 2.18. The molecule has 2 aliphatic rings. The molecule has 1 aliphatic heterocycles. The molecular weight excluding hydrogens is 270 g/mol. The van der Waals surface area contributed by atoms with Crippen LogP contribution in [0.15, 0.2) is 12.3 Å². The number of carbonyl (C=O) groups is 1. The number of methoxy groups -OCH3 is 1. The monoisotopic (exact) mass is 293 g/mol. The van der Waals surface area contributed by atoms with E-state index in [0.717, 1.165) is 5.69 Å². The number of nitrogens with zero attached hydrogens (tertiary/aromatic N) is 3. The van der Waals surface area contributed by atoms with E-state index in [2.05, 4.69) is 9.78 Å². The molecule has 2 heterocycles. The van der Waals surface area contributed by atoms with Crippen LogP contribution in [0, 0.1) is 0 Å². The first-order valence-corrected chi connectivity index (χ1v) is 7.71. The number of ether oxygens (including phenoxy) is 1. The van der Waals surface area contributed by atoms with Crippen molar-refractivity contribution in [2.75, 3.05) is 13.7 Å². The van der Waals surface area contributed by atoms with Crippen LogP contribution >= 0.6 is 0 Å². The Bertz CT molecular complexity index is 496. The molecule has 21 heavy (non-hydrogen) atoms. The molecule has 0 amide bonds. The van der Waals surface area contributed by atoms with Crippen molar-refractivity contribution in [1.29, 1.82) is 0 Å². The van der Waals surface area contributed by atoms with E-state index in [9.17, 15) is 9.90 Å². The van der Waals surface area contributed by atoms with Crippen LogP contribution < -0.4 is 0 Å². The Labute approximate surface area is 124 Å². The lowest BCUT2D eigenvalue weighted by molar-refractivity contribution is -0.146. The van der Waals surface area contributed by atoms with E-state index in [4.69, 9.17) is 4.74 Å². The highest BCUT2D eigenvalue weighted by atomic mass is 16.5. The quantitative estimate of drug-likeness (QED) is 0.842. The second-order valence-electron chi connectivity index (χ2n) is 6.08. The Morgan fingerprint density at radius 2 is 2.24 bits per heavy atom. The number of likely N-dealkylation sites (tertiary alicyclic amines) is 1. The van der Waals surface area contributed by atoms with Gasteiger partial charge < -0.3 is 9.84 Å². The predicted octanol–water partition coefficient (Wildman–Crippen LogP) is 1.11. The van der Waals surface area contributed by atoms with Crippen molar-refractivity contribution in [3.05, 3.63) is 18.0 Å². The summed E-state index contributed by atoms with van der Waals surface area (Å²) in [4.78, 5) is 13.7. The molecule has 2 unspecified atom stereocenters. The second kappa shape index (κ2) is 6.15. The van der Waals surface area contributed by atoms with Crippen LogP contribution in [0.2, 0.25) is 0 Å². The Hall–Kier alpha value is -1.40. The van der Waals surface area contributed by atoms with Crippen molar-refractivity contribution in [3.63, 3.8) is 0 Å². The van der Waals surface area contributed by atoms with E-state index in [1.165, 1.54) is 32.8 Å². The third-order valence-electron chi connectivity index (χ3n) is 4.58. The van der Waals surface area contributed by atoms with E-state index in [1.54, 1.807) is 0 Å². The molecule has 6 nitrogen and oxygen atoms in total. The third-order valence-corrected chi connectivity index (χ3v) is 4.58. The molecule has 0 radical (unpaired) electrons. The van der Waals surface area contributed by atoms with E-state index < -0.39 is 6.10 Å². The highest BCUT2D eigenvalue weighted by Crippen LogP contribution is 2.29. The van der Waals surface area contributed by atoms with Crippen LogP contribution in [0.1, 0.15) is 43.8 Å². The minimum absolute atomic E-state index is 0.276. The third kappa shape index (κ3) is 3.11. The van der Waals surface area contributed by atoms with Crippen molar-refractivity contribution in [2.24, 2.45) is 0 Å². The normalized spacial score (nSPS) is 27.3. The average Bonchev–Trinajstić information content (AvgIpc) is 3.18. The number of esters is 1. The zero-order valence-electron chi connectivity index (χ0n) is 12.4. The van der Waals surface area contributed by atoms with Crippen molar-refractivity contribution in [1.82, 2.24) is 14.7 Å². The summed E-state index contributed by atoms with van der Waals surface area (Å²) < 4.78 is 6.88. The zero-order valence-corrected chi connectivity index (χ0v) is 12.4. The first kappa shape index (κ1) is 14.5. The highest BCUT2D eigenvalue weighted by Gasteiger charge is 2.37. The molecular formula is C15H23N3O3. The molecule has 1 aliphatic carbocycles. The Kier molecular flexibility index (Phi) is 4.26. The smallest absolute Gasteiger partial charge is 0.323 e. The zero-order chi connectivity index (χ0) is 14.8. The van der Waals surface area contributed by atoms with E-state index in [0.29, 0.717) is 25.6 Å². The number of aliphatic hydroxyl groups is 1. The maximum absolute atomic E-state index is 11.8. The van der Waals surface area contributed by atoms with Crippen molar-refractivity contribution >= 4 is 5.97 Å². The van der Waals surface area contributed by atoms with Gasteiger partial charge in [0.1, 0.15) is 6.04 Å². The molecule has 1 N–H and O–H groups in total. The standard InChI is InChI=1S/C15H23N3O3/c1-21-15(20)14-8-13(19)10-17(14)9-11-6-7-18(16-11)12-4-2-3-5-12/h6-7,12-14,19H,2-5,8-10H2,1H3. The van der Waals surface area contributed by atoms with Gasteiger partial charge in [-0.15, -0.1) is 0 Å². The molecule has 1 saturated carbocycles. The Morgan fingerprint density at radius 3 is 2.95 bits per heavy atom. The topological polar surface area (TPSA) is 67.6 Å². The summed E-state index contributed by atoms with van der Waals surface area (Å²) in [5.74, 6) is -0.276. The van der Waals surface area contributed by atoms with Gasteiger partial charge in [0.2, 0.25) is 0 Å². The number of β-amino-alcohol motifs (C(OH)–C–C–N with tert-alkyl or cyclic N) is 1. The number of aliphatic hydroxyl groups excluding tert-OH is 1. The number of carbonyl (C=O) groups excluding carboxylic acids is 1. The Morgan fingerprint density at radius 1 is 1.48 bits per heavy atom. The summed E-state index contributed by atoms with van der Waals surface area (Å²) in [6.45, 7) is 1.08. The molecule has 6 heteroatoms. The molecule has 0 aromatic carbocycles. The van der Waals surface area contributed by atoms with Gasteiger partial charge in [0.05, 0.1) is 24.9 Å². The summed E-state index contributed by atoms with van der Waals surface area (Å²) in [7, 11) is 1.39. The highest BCUT2D eigenvalue weighted by molar-refractivity contribution is 5.76. The molecule has 116 valence electrons. The van der Waals surface area contributed by atoms with Gasteiger partial charge in [0, 0.05) is 25.7 Å². The van der Waals surface area contributed by atoms with E-state index in [-0.39, 0.29) is 12.0 Å². The van der Waals surface area contributed by atoms with Crippen LogP contribution in [0.4, 0.5) is 0 Å². The number of rotatable bonds is 4. The number of hydrogen-bond donors (Lipinski definition) is 1. The molecule has 2 atom stereocenters. The maximum Gasteiger partial charge on any atom is 0.323 e. The lowest BCUT2D eigenvalue weighted by Crippen LogP contribution is -2.36. The van der Waals surface area contributed by atoms with Crippen LogP contribution in [0.25, 0.3) is 0 Å². The lowest BCUT2D eigenvalue weighted by Gasteiger charge is -2.20. The fourth-order valence-corrected chi connectivity index (χ4v) is 3.48.